The van der Waals surface area contributed by atoms with Gasteiger partial charge in [-0.2, -0.15) is 0 Å². The fourth-order valence-corrected chi connectivity index (χ4v) is 3.26. The maximum Gasteiger partial charge on any atom is 0.188 e. The fourth-order valence-electron chi connectivity index (χ4n) is 3.26. The Bertz CT molecular complexity index is 291. The van der Waals surface area contributed by atoms with Gasteiger partial charge in [0.15, 0.2) is 5.79 Å². The molecule has 1 spiro atoms. The summed E-state index contributed by atoms with van der Waals surface area (Å²) in [7, 11) is 0. The fraction of sp³-hybridized carbons (Fsp3) is 0.833. The molecule has 3 heteroatoms. The van der Waals surface area contributed by atoms with E-state index in [0.29, 0.717) is 13.2 Å². The van der Waals surface area contributed by atoms with Crippen molar-refractivity contribution in [2.45, 2.75) is 37.9 Å². The van der Waals surface area contributed by atoms with E-state index >= 15 is 0 Å². The van der Waals surface area contributed by atoms with Crippen molar-refractivity contribution in [2.24, 2.45) is 5.41 Å². The topological polar surface area (TPSA) is 38.7 Å². The summed E-state index contributed by atoms with van der Waals surface area (Å²) < 4.78 is 11.4. The van der Waals surface area contributed by atoms with Crippen LogP contribution in [-0.2, 0) is 9.47 Å². The molecule has 15 heavy (non-hydrogen) atoms. The maximum absolute atomic E-state index is 9.56. The van der Waals surface area contributed by atoms with Gasteiger partial charge in [-0.1, -0.05) is 5.57 Å². The normalized spacial score (nSPS) is 38.1. The van der Waals surface area contributed by atoms with E-state index in [-0.39, 0.29) is 12.0 Å². The van der Waals surface area contributed by atoms with Crippen LogP contribution in [0.15, 0.2) is 11.6 Å². The predicted octanol–water partition coefficient (Wildman–Crippen LogP) is 1.61. The molecule has 0 radical (unpaired) electrons. The number of ether oxygens (including phenoxy) is 2. The van der Waals surface area contributed by atoms with Crippen LogP contribution in [0.3, 0.4) is 0 Å². The number of rotatable bonds is 1. The first-order valence-corrected chi connectivity index (χ1v) is 5.90. The van der Waals surface area contributed by atoms with Gasteiger partial charge in [0, 0.05) is 11.8 Å². The van der Waals surface area contributed by atoms with Crippen LogP contribution in [0.4, 0.5) is 0 Å². The van der Waals surface area contributed by atoms with Gasteiger partial charge in [-0.25, -0.2) is 0 Å². The van der Waals surface area contributed by atoms with Gasteiger partial charge in [0.05, 0.1) is 19.8 Å². The molecular weight excluding hydrogens is 192 g/mol. The van der Waals surface area contributed by atoms with Crippen LogP contribution < -0.4 is 0 Å². The van der Waals surface area contributed by atoms with Crippen molar-refractivity contribution in [1.82, 2.24) is 0 Å². The minimum atomic E-state index is -0.432. The Morgan fingerprint density at radius 3 is 2.73 bits per heavy atom. The van der Waals surface area contributed by atoms with Crippen LogP contribution in [0.25, 0.3) is 0 Å². The minimum Gasteiger partial charge on any atom is -0.395 e. The van der Waals surface area contributed by atoms with Gasteiger partial charge in [0.25, 0.3) is 0 Å². The van der Waals surface area contributed by atoms with E-state index in [2.05, 4.69) is 6.08 Å². The molecule has 0 aromatic heterocycles. The minimum absolute atomic E-state index is 0.0700. The Kier molecular flexibility index (Phi) is 2.16. The van der Waals surface area contributed by atoms with Gasteiger partial charge >= 0.3 is 0 Å². The average Bonchev–Trinajstić information content (AvgIpc) is 2.86. The second kappa shape index (κ2) is 3.30. The van der Waals surface area contributed by atoms with Gasteiger partial charge in [0.2, 0.25) is 0 Å². The molecule has 1 N–H and O–H groups in total. The first-order valence-electron chi connectivity index (χ1n) is 5.90. The largest absolute Gasteiger partial charge is 0.395 e. The molecule has 1 saturated carbocycles. The van der Waals surface area contributed by atoms with E-state index in [1.807, 2.05) is 0 Å². The van der Waals surface area contributed by atoms with Crippen LogP contribution in [0.2, 0.25) is 0 Å². The number of aliphatic hydroxyl groups excluding tert-OH is 1. The van der Waals surface area contributed by atoms with Crippen molar-refractivity contribution in [3.63, 3.8) is 0 Å². The smallest absolute Gasteiger partial charge is 0.188 e. The molecule has 1 atom stereocenters. The van der Waals surface area contributed by atoms with Crippen molar-refractivity contribution in [2.75, 3.05) is 19.8 Å². The molecule has 0 aromatic rings. The lowest BCUT2D eigenvalue weighted by atomic mass is 9.73. The summed E-state index contributed by atoms with van der Waals surface area (Å²) in [5, 5.41) is 9.56. The second-order valence-electron chi connectivity index (χ2n) is 4.97. The Balaban J connectivity index is 1.93. The van der Waals surface area contributed by atoms with E-state index < -0.39 is 5.79 Å². The Labute approximate surface area is 90.1 Å². The van der Waals surface area contributed by atoms with Crippen molar-refractivity contribution in [1.29, 1.82) is 0 Å². The average molecular weight is 210 g/mol. The highest BCUT2D eigenvalue weighted by Gasteiger charge is 2.47. The van der Waals surface area contributed by atoms with Crippen molar-refractivity contribution in [3.8, 4) is 0 Å². The molecular formula is C12H18O3. The monoisotopic (exact) mass is 210 g/mol. The summed E-state index contributed by atoms with van der Waals surface area (Å²) in [5.41, 5.74) is 1.44. The maximum atomic E-state index is 9.56. The highest BCUT2D eigenvalue weighted by Crippen LogP contribution is 2.52. The molecule has 3 aliphatic rings. The molecule has 0 aromatic carbocycles. The van der Waals surface area contributed by atoms with Gasteiger partial charge in [-0.05, 0) is 31.8 Å². The van der Waals surface area contributed by atoms with Crippen molar-refractivity contribution >= 4 is 0 Å². The lowest BCUT2D eigenvalue weighted by Gasteiger charge is -2.39. The molecule has 3 rings (SSSR count). The van der Waals surface area contributed by atoms with E-state index in [9.17, 15) is 5.11 Å². The van der Waals surface area contributed by atoms with Crippen LogP contribution in [0.5, 0.6) is 0 Å². The zero-order valence-corrected chi connectivity index (χ0v) is 9.00. The van der Waals surface area contributed by atoms with E-state index in [1.165, 1.54) is 12.0 Å². The summed E-state index contributed by atoms with van der Waals surface area (Å²) in [6, 6.07) is 0. The van der Waals surface area contributed by atoms with E-state index in [1.54, 1.807) is 0 Å². The van der Waals surface area contributed by atoms with Crippen molar-refractivity contribution < 1.29 is 14.6 Å². The molecule has 1 unspecified atom stereocenters. The Morgan fingerprint density at radius 2 is 2.00 bits per heavy atom. The first-order chi connectivity index (χ1) is 7.29. The summed E-state index contributed by atoms with van der Waals surface area (Å²) >= 11 is 0. The predicted molar refractivity (Wildman–Crippen MR) is 55.3 cm³/mol. The molecule has 2 fully saturated rings. The summed E-state index contributed by atoms with van der Waals surface area (Å²) in [5.74, 6) is -0.432. The lowest BCUT2D eigenvalue weighted by molar-refractivity contribution is -0.134. The van der Waals surface area contributed by atoms with Gasteiger partial charge < -0.3 is 14.6 Å². The van der Waals surface area contributed by atoms with Crippen LogP contribution in [-0.4, -0.2) is 30.7 Å². The Morgan fingerprint density at radius 1 is 1.20 bits per heavy atom. The molecule has 0 amide bonds. The van der Waals surface area contributed by atoms with Gasteiger partial charge in [0.1, 0.15) is 0 Å². The van der Waals surface area contributed by atoms with E-state index in [4.69, 9.17) is 9.47 Å². The SMILES string of the molecule is OCC12CCCC1=CC1(CC2)OCCO1. The highest BCUT2D eigenvalue weighted by atomic mass is 16.7. The molecule has 1 heterocycles. The Hall–Kier alpha value is -0.380. The number of hydrogen-bond acceptors (Lipinski definition) is 3. The number of fused-ring (bicyclic) bond motifs is 1. The van der Waals surface area contributed by atoms with Crippen molar-refractivity contribution in [3.05, 3.63) is 11.6 Å². The zero-order chi connectivity index (χ0) is 10.4. The van der Waals surface area contributed by atoms with Crippen LogP contribution >= 0.6 is 0 Å². The number of hydrogen-bond donors (Lipinski definition) is 1. The standard InChI is InChI=1S/C12H18O3/c13-9-11-3-1-2-10(11)8-12(5-4-11)14-6-7-15-12/h8,13H,1-7,9H2. The summed E-state index contributed by atoms with van der Waals surface area (Å²) in [6.07, 6.45) is 7.50. The number of aliphatic hydroxyl groups is 1. The third-order valence-electron chi connectivity index (χ3n) is 4.21. The third kappa shape index (κ3) is 1.37. The quantitative estimate of drug-likeness (QED) is 0.668. The van der Waals surface area contributed by atoms with Gasteiger partial charge in [-0.15, -0.1) is 0 Å². The lowest BCUT2D eigenvalue weighted by Crippen LogP contribution is -2.38. The van der Waals surface area contributed by atoms with E-state index in [0.717, 1.165) is 25.7 Å². The molecule has 84 valence electrons. The molecule has 2 aliphatic carbocycles. The molecule has 1 aliphatic heterocycles. The highest BCUT2D eigenvalue weighted by molar-refractivity contribution is 5.26. The molecule has 1 saturated heterocycles. The van der Waals surface area contributed by atoms with Gasteiger partial charge in [-0.3, -0.25) is 0 Å². The summed E-state index contributed by atoms with van der Waals surface area (Å²) in [4.78, 5) is 0. The molecule has 3 nitrogen and oxygen atoms in total. The second-order valence-corrected chi connectivity index (χ2v) is 4.97. The third-order valence-corrected chi connectivity index (χ3v) is 4.21. The summed E-state index contributed by atoms with van der Waals surface area (Å²) in [6.45, 7) is 1.70. The van der Waals surface area contributed by atoms with Crippen LogP contribution in [0.1, 0.15) is 32.1 Å². The van der Waals surface area contributed by atoms with Crippen LogP contribution in [0, 0.1) is 5.41 Å². The molecule has 0 bridgehead atoms. The first kappa shape index (κ1) is 9.82. The zero-order valence-electron chi connectivity index (χ0n) is 9.00.